The van der Waals surface area contributed by atoms with E-state index in [9.17, 15) is 13.2 Å². The Labute approximate surface area is 443 Å². The number of benzene rings is 3. The molecule has 0 saturated carbocycles. The van der Waals surface area contributed by atoms with Crippen LogP contribution in [0.15, 0.2) is 113 Å². The average Bonchev–Trinajstić information content (AvgIpc) is 4.32. The van der Waals surface area contributed by atoms with Gasteiger partial charge in [-0.15, -0.1) is 11.3 Å². The quantitative estimate of drug-likeness (QED) is 0.0717. The predicted molar refractivity (Wildman–Crippen MR) is 275 cm³/mol. The zero-order chi connectivity index (χ0) is 54.6. The summed E-state index contributed by atoms with van der Waals surface area (Å²) in [5.74, 6) is -0.293. The Morgan fingerprint density at radius 1 is 0.355 bits per heavy atom. The second kappa shape index (κ2) is 31.3. The molecule has 5 aromatic rings. The summed E-state index contributed by atoms with van der Waals surface area (Å²) in [7, 11) is 0. The number of hydrogen-bond acceptors (Lipinski definition) is 22. The van der Waals surface area contributed by atoms with E-state index in [1.54, 1.807) is 72.2 Å². The van der Waals surface area contributed by atoms with Crippen LogP contribution in [0.2, 0.25) is 0 Å². The fraction of sp³-hybridized carbons (Fsp3) is 0.490. The summed E-state index contributed by atoms with van der Waals surface area (Å²) in [6.45, 7) is 3.73. The Hall–Kier alpha value is -4.37. The van der Waals surface area contributed by atoms with Gasteiger partial charge in [-0.3, -0.25) is 0 Å². The molecule has 21 nitrogen and oxygen atoms in total. The molecule has 10 atom stereocenters. The molecule has 25 heteroatoms. The maximum Gasteiger partial charge on any atom is 0.218 e. The number of ether oxygens (including phenoxy) is 10. The Kier molecular flexibility index (Phi) is 25.0. The van der Waals surface area contributed by atoms with E-state index in [0.29, 0.717) is 82.3 Å². The standard InChI is InChI=1S/3C11H15FN2O2.C9H14N2O3.C9H14N2O2S/c12-8-3-1-7(2-4-8)11-15-9(5-13)10(6-14)16-11;12-8-3-1-2-7(4-8)11-15-9(5-13)10(6-14)16-11;12-8-4-2-1-3-7(8)11-15-9(5-13)10(6-14)16-11;10-4-7-8(5-11)14-9(13-7)6-2-1-3-12-6;10-4-6-7(5-11)13-9(12-6)8-2-1-3-14-8/h3*1-4,9-11H,5-6,13-14H2;1-3,7-9H,4-5,10-11H2;1-3,6-7,9H,4-5,10-11H2. The molecule has 10 unspecified atom stereocenters. The lowest BCUT2D eigenvalue weighted by molar-refractivity contribution is -0.0804. The highest BCUT2D eigenvalue weighted by atomic mass is 32.1. The van der Waals surface area contributed by atoms with Crippen LogP contribution in [0.5, 0.6) is 0 Å². The highest BCUT2D eigenvalue weighted by molar-refractivity contribution is 7.10. The van der Waals surface area contributed by atoms with Crippen molar-refractivity contribution in [3.05, 3.63) is 153 Å². The molecule has 2 aromatic heterocycles. The molecule has 7 heterocycles. The topological polar surface area (TPSA) is 366 Å². The van der Waals surface area contributed by atoms with Crippen LogP contribution >= 0.6 is 11.3 Å². The van der Waals surface area contributed by atoms with Crippen LogP contribution in [0.3, 0.4) is 0 Å². The van der Waals surface area contributed by atoms with Crippen LogP contribution in [-0.4, -0.2) is 126 Å². The maximum atomic E-state index is 13.5. The molecule has 0 amide bonds. The fourth-order valence-corrected chi connectivity index (χ4v) is 8.91. The second-order valence-electron chi connectivity index (χ2n) is 17.4. The van der Waals surface area contributed by atoms with Gasteiger partial charge in [0.25, 0.3) is 0 Å². The van der Waals surface area contributed by atoms with Crippen LogP contribution in [0.25, 0.3) is 0 Å². The van der Waals surface area contributed by atoms with E-state index in [4.69, 9.17) is 109 Å². The molecule has 0 bridgehead atoms. The molecule has 5 aliphatic rings. The van der Waals surface area contributed by atoms with Gasteiger partial charge in [-0.05, 0) is 53.9 Å². The normalized spacial score (nSPS) is 30.6. The highest BCUT2D eigenvalue weighted by Gasteiger charge is 2.39. The molecule has 0 aliphatic carbocycles. The van der Waals surface area contributed by atoms with Gasteiger partial charge in [0.05, 0.1) is 11.1 Å². The van der Waals surface area contributed by atoms with Crippen molar-refractivity contribution in [1.82, 2.24) is 0 Å². The minimum Gasteiger partial charge on any atom is -0.464 e. The molecule has 20 N–H and O–H groups in total. The van der Waals surface area contributed by atoms with Crippen molar-refractivity contribution < 1.29 is 65.0 Å². The van der Waals surface area contributed by atoms with Crippen LogP contribution in [-0.2, 0) is 47.4 Å². The number of hydrogen-bond donors (Lipinski definition) is 10. The van der Waals surface area contributed by atoms with Crippen molar-refractivity contribution in [2.45, 2.75) is 92.5 Å². The van der Waals surface area contributed by atoms with Gasteiger partial charge in [-0.2, -0.15) is 0 Å². The van der Waals surface area contributed by atoms with E-state index in [2.05, 4.69) is 0 Å². The lowest BCUT2D eigenvalue weighted by Gasteiger charge is -2.10. The predicted octanol–water partition coefficient (Wildman–Crippen LogP) is 2.00. The SMILES string of the molecule is NCC1OC(c2ccc(F)cc2)OC1CN.NCC1OC(c2cccc(F)c2)OC1CN.NCC1OC(c2ccccc2F)OC1CN.NCC1OC(c2ccco2)OC1CN.NCC1OC(c2cccs2)OC1CN. The van der Waals surface area contributed by atoms with Gasteiger partial charge in [-0.25, -0.2) is 13.2 Å². The summed E-state index contributed by atoms with van der Waals surface area (Å²) in [6.07, 6.45) is -2.76. The summed E-state index contributed by atoms with van der Waals surface area (Å²) in [6, 6.07) is 26.0. The summed E-state index contributed by atoms with van der Waals surface area (Å²) >= 11 is 1.61. The van der Waals surface area contributed by atoms with Crippen molar-refractivity contribution >= 4 is 11.3 Å². The zero-order valence-corrected chi connectivity index (χ0v) is 42.7. The molecule has 0 radical (unpaired) electrons. The van der Waals surface area contributed by atoms with Crippen molar-refractivity contribution in [1.29, 1.82) is 0 Å². The second-order valence-corrected chi connectivity index (χ2v) is 18.4. The average molecular weight is 1090 g/mol. The molecule has 5 fully saturated rings. The van der Waals surface area contributed by atoms with Crippen molar-refractivity contribution in [3.8, 4) is 0 Å². The number of rotatable bonds is 15. The summed E-state index contributed by atoms with van der Waals surface area (Å²) < 4.78 is 100. The molecule has 5 aliphatic heterocycles. The Bertz CT molecular complexity index is 2260. The van der Waals surface area contributed by atoms with Crippen LogP contribution in [0.1, 0.15) is 58.8 Å². The number of halogens is 3. The van der Waals surface area contributed by atoms with Crippen LogP contribution < -0.4 is 57.3 Å². The van der Waals surface area contributed by atoms with Gasteiger partial charge in [0.15, 0.2) is 30.9 Å². The van der Waals surface area contributed by atoms with Gasteiger partial charge in [0, 0.05) is 82.1 Å². The van der Waals surface area contributed by atoms with E-state index >= 15 is 0 Å². The third kappa shape index (κ3) is 16.6. The van der Waals surface area contributed by atoms with E-state index in [0.717, 1.165) is 10.4 Å². The van der Waals surface area contributed by atoms with E-state index < -0.39 is 25.2 Å². The van der Waals surface area contributed by atoms with Crippen molar-refractivity contribution in [2.24, 2.45) is 57.3 Å². The lowest BCUT2D eigenvalue weighted by atomic mass is 10.2. The number of thiophene rings is 1. The van der Waals surface area contributed by atoms with E-state index in [1.165, 1.54) is 30.3 Å². The van der Waals surface area contributed by atoms with E-state index in [-0.39, 0.29) is 84.8 Å². The van der Waals surface area contributed by atoms with Crippen LogP contribution in [0.4, 0.5) is 13.2 Å². The fourth-order valence-electron chi connectivity index (χ4n) is 8.22. The van der Waals surface area contributed by atoms with Gasteiger partial charge in [0.2, 0.25) is 6.29 Å². The molecule has 76 heavy (non-hydrogen) atoms. The van der Waals surface area contributed by atoms with Crippen molar-refractivity contribution in [2.75, 3.05) is 65.4 Å². The Morgan fingerprint density at radius 2 is 0.776 bits per heavy atom. The summed E-state index contributed by atoms with van der Waals surface area (Å²) in [5, 5.41) is 2.00. The maximum absolute atomic E-state index is 13.5. The summed E-state index contributed by atoms with van der Waals surface area (Å²) in [5.41, 5.74) is 57.2. The third-order valence-electron chi connectivity index (χ3n) is 12.4. The molecule has 3 aromatic carbocycles. The molecular formula is C51H73F3N10O11S. The first-order valence-corrected chi connectivity index (χ1v) is 25.7. The first kappa shape index (κ1) is 60.9. The van der Waals surface area contributed by atoms with Crippen molar-refractivity contribution in [3.63, 3.8) is 0 Å². The zero-order valence-electron chi connectivity index (χ0n) is 41.9. The minimum atomic E-state index is -0.705. The van der Waals surface area contributed by atoms with Crippen LogP contribution in [0, 0.1) is 17.5 Å². The minimum absolute atomic E-state index is 0.0768. The number of nitrogens with two attached hydrogens (primary N) is 10. The lowest BCUT2D eigenvalue weighted by Crippen LogP contribution is -2.35. The third-order valence-corrected chi connectivity index (χ3v) is 13.2. The highest BCUT2D eigenvalue weighted by Crippen LogP contribution is 2.35. The Morgan fingerprint density at radius 3 is 1.17 bits per heavy atom. The number of furan rings is 1. The van der Waals surface area contributed by atoms with E-state index in [1.807, 2.05) is 17.5 Å². The molecule has 420 valence electrons. The Balaban J connectivity index is 0.000000154. The molecular weight excluding hydrogens is 1020 g/mol. The molecule has 10 rings (SSSR count). The van der Waals surface area contributed by atoms with Gasteiger partial charge in [0.1, 0.15) is 78.5 Å². The molecule has 0 spiro atoms. The smallest absolute Gasteiger partial charge is 0.218 e. The van der Waals surface area contributed by atoms with Gasteiger partial charge >= 0.3 is 0 Å². The van der Waals surface area contributed by atoms with Gasteiger partial charge < -0.3 is 109 Å². The largest absolute Gasteiger partial charge is 0.464 e. The first-order valence-electron chi connectivity index (χ1n) is 24.8. The van der Waals surface area contributed by atoms with Gasteiger partial charge in [-0.1, -0.05) is 48.5 Å². The first-order chi connectivity index (χ1) is 36.9. The summed E-state index contributed by atoms with van der Waals surface area (Å²) in [4.78, 5) is 1.07. The molecule has 5 saturated heterocycles. The monoisotopic (exact) mass is 1090 g/mol.